The minimum absolute atomic E-state index is 0.00216. The molecule has 3 rings (SSSR count). The third-order valence-electron chi connectivity index (χ3n) is 3.69. The van der Waals surface area contributed by atoms with E-state index in [4.69, 9.17) is 4.74 Å². The molecule has 0 saturated heterocycles. The van der Waals surface area contributed by atoms with E-state index in [1.54, 1.807) is 37.4 Å². The molecule has 0 aliphatic carbocycles. The Kier molecular flexibility index (Phi) is 4.29. The van der Waals surface area contributed by atoms with Crippen LogP contribution >= 0.6 is 0 Å². The summed E-state index contributed by atoms with van der Waals surface area (Å²) >= 11 is 0. The summed E-state index contributed by atoms with van der Waals surface area (Å²) < 4.78 is 6.79. The topological polar surface area (TPSA) is 73.2 Å². The van der Waals surface area contributed by atoms with Crippen LogP contribution in [-0.2, 0) is 11.3 Å². The summed E-state index contributed by atoms with van der Waals surface area (Å²) in [5.74, 6) is 0.347. The molecule has 0 saturated carbocycles. The van der Waals surface area contributed by atoms with Crippen LogP contribution < -0.4 is 15.5 Å². The number of fused-ring (bicyclic) bond motifs is 1. The van der Waals surface area contributed by atoms with Crippen molar-refractivity contribution < 1.29 is 9.53 Å². The summed E-state index contributed by atoms with van der Waals surface area (Å²) in [6.45, 7) is 1.95. The summed E-state index contributed by atoms with van der Waals surface area (Å²) in [7, 11) is 1.56. The lowest BCUT2D eigenvalue weighted by atomic mass is 10.2. The Morgan fingerprint density at radius 1 is 1.25 bits per heavy atom. The Morgan fingerprint density at radius 3 is 2.83 bits per heavy atom. The number of para-hydroxylation sites is 1. The van der Waals surface area contributed by atoms with Gasteiger partial charge in [-0.25, -0.2) is 0 Å². The number of aryl methyl sites for hydroxylation is 1. The molecule has 1 heterocycles. The first-order chi connectivity index (χ1) is 11.6. The van der Waals surface area contributed by atoms with E-state index in [9.17, 15) is 9.59 Å². The number of nitrogens with one attached hydrogen (secondary N) is 1. The number of nitrogens with zero attached hydrogens (tertiary/aromatic N) is 2. The normalized spacial score (nSPS) is 10.6. The number of hydrogen-bond donors (Lipinski definition) is 1. The first-order valence-corrected chi connectivity index (χ1v) is 7.48. The van der Waals surface area contributed by atoms with E-state index < -0.39 is 0 Å². The molecule has 0 bridgehead atoms. The quantitative estimate of drug-likeness (QED) is 0.800. The van der Waals surface area contributed by atoms with E-state index in [-0.39, 0.29) is 17.9 Å². The molecule has 0 aliphatic heterocycles. The number of amides is 1. The molecule has 1 N–H and O–H groups in total. The highest BCUT2D eigenvalue weighted by atomic mass is 16.5. The van der Waals surface area contributed by atoms with Gasteiger partial charge in [0.1, 0.15) is 12.3 Å². The third-order valence-corrected chi connectivity index (χ3v) is 3.69. The average Bonchev–Trinajstić information content (AvgIpc) is 2.59. The van der Waals surface area contributed by atoms with Crippen molar-refractivity contribution in [2.24, 2.45) is 0 Å². The fourth-order valence-electron chi connectivity index (χ4n) is 2.51. The molecule has 24 heavy (non-hydrogen) atoms. The Hall–Kier alpha value is -3.15. The minimum Gasteiger partial charge on any atom is -0.495 e. The Balaban J connectivity index is 1.86. The largest absolute Gasteiger partial charge is 0.495 e. The molecule has 2 aromatic carbocycles. The molecule has 6 nitrogen and oxygen atoms in total. The number of carbonyl (C=O) groups excluding carboxylic acids is 1. The van der Waals surface area contributed by atoms with Gasteiger partial charge in [-0.2, -0.15) is 5.10 Å². The Morgan fingerprint density at radius 2 is 2.04 bits per heavy atom. The lowest BCUT2D eigenvalue weighted by Gasteiger charge is -2.12. The first kappa shape index (κ1) is 15.7. The van der Waals surface area contributed by atoms with Crippen molar-refractivity contribution in [3.8, 4) is 5.75 Å². The maximum Gasteiger partial charge on any atom is 0.246 e. The van der Waals surface area contributed by atoms with E-state index in [0.717, 1.165) is 5.56 Å². The zero-order valence-electron chi connectivity index (χ0n) is 13.4. The fourth-order valence-corrected chi connectivity index (χ4v) is 2.51. The molecule has 0 spiro atoms. The van der Waals surface area contributed by atoms with Gasteiger partial charge < -0.3 is 10.1 Å². The molecular formula is C18H17N3O3. The van der Waals surface area contributed by atoms with Crippen LogP contribution in [0.4, 0.5) is 5.69 Å². The van der Waals surface area contributed by atoms with Crippen LogP contribution in [0.25, 0.3) is 10.9 Å². The summed E-state index contributed by atoms with van der Waals surface area (Å²) in [6.07, 6.45) is 1.22. The van der Waals surface area contributed by atoms with Crippen LogP contribution in [0.3, 0.4) is 0 Å². The Bertz CT molecular complexity index is 963. The predicted molar refractivity (Wildman–Crippen MR) is 92.4 cm³/mol. The van der Waals surface area contributed by atoms with E-state index >= 15 is 0 Å². The van der Waals surface area contributed by atoms with Gasteiger partial charge in [0.15, 0.2) is 0 Å². The van der Waals surface area contributed by atoms with E-state index in [2.05, 4.69) is 10.4 Å². The van der Waals surface area contributed by atoms with Gasteiger partial charge in [-0.3, -0.25) is 14.3 Å². The van der Waals surface area contributed by atoms with E-state index in [1.165, 1.54) is 10.9 Å². The van der Waals surface area contributed by atoms with E-state index in [1.807, 2.05) is 19.1 Å². The molecule has 0 radical (unpaired) electrons. The fraction of sp³-hybridized carbons (Fsp3) is 0.167. The number of aromatic nitrogens is 2. The minimum atomic E-state index is -0.251. The predicted octanol–water partition coefficient (Wildman–Crippen LogP) is 2.35. The van der Waals surface area contributed by atoms with Crippen molar-refractivity contribution in [1.29, 1.82) is 0 Å². The number of ether oxygens (including phenoxy) is 1. The van der Waals surface area contributed by atoms with Gasteiger partial charge in [0.2, 0.25) is 11.3 Å². The van der Waals surface area contributed by atoms with Gasteiger partial charge in [-0.1, -0.05) is 18.2 Å². The SMILES string of the molecule is COc1cc(C)ccc1NC(=O)Cn1ncc(=O)c2ccccc21. The molecule has 0 fully saturated rings. The highest BCUT2D eigenvalue weighted by Gasteiger charge is 2.11. The van der Waals surface area contributed by atoms with Crippen molar-refractivity contribution in [2.45, 2.75) is 13.5 Å². The summed E-state index contributed by atoms with van der Waals surface area (Å²) in [5, 5.41) is 7.41. The molecular weight excluding hydrogens is 306 g/mol. The number of methoxy groups -OCH3 is 1. The van der Waals surface area contributed by atoms with Crippen molar-refractivity contribution in [3.05, 3.63) is 64.4 Å². The van der Waals surface area contributed by atoms with E-state index in [0.29, 0.717) is 22.3 Å². The number of anilines is 1. The van der Waals surface area contributed by atoms with Gasteiger partial charge in [0, 0.05) is 5.39 Å². The van der Waals surface area contributed by atoms with Crippen molar-refractivity contribution in [3.63, 3.8) is 0 Å². The van der Waals surface area contributed by atoms with Crippen molar-refractivity contribution >= 4 is 22.5 Å². The number of benzene rings is 2. The van der Waals surface area contributed by atoms with Crippen LogP contribution in [0.5, 0.6) is 5.75 Å². The van der Waals surface area contributed by atoms with Crippen LogP contribution in [0.1, 0.15) is 5.56 Å². The molecule has 0 atom stereocenters. The first-order valence-electron chi connectivity index (χ1n) is 7.48. The maximum atomic E-state index is 12.4. The van der Waals surface area contributed by atoms with Crippen LogP contribution in [0.2, 0.25) is 0 Å². The highest BCUT2D eigenvalue weighted by Crippen LogP contribution is 2.25. The number of hydrogen-bond acceptors (Lipinski definition) is 4. The highest BCUT2D eigenvalue weighted by molar-refractivity contribution is 5.93. The second-order valence-corrected chi connectivity index (χ2v) is 5.44. The summed E-state index contributed by atoms with van der Waals surface area (Å²) in [4.78, 5) is 24.2. The van der Waals surface area contributed by atoms with Crippen molar-refractivity contribution in [2.75, 3.05) is 12.4 Å². The molecule has 6 heteroatoms. The monoisotopic (exact) mass is 323 g/mol. The van der Waals surface area contributed by atoms with Gasteiger partial charge in [0.05, 0.1) is 24.5 Å². The number of carbonyl (C=O) groups is 1. The van der Waals surface area contributed by atoms with Crippen LogP contribution in [-0.4, -0.2) is 22.8 Å². The molecule has 3 aromatic rings. The van der Waals surface area contributed by atoms with Crippen LogP contribution in [0.15, 0.2) is 53.5 Å². The lowest BCUT2D eigenvalue weighted by Crippen LogP contribution is -2.22. The maximum absolute atomic E-state index is 12.4. The second-order valence-electron chi connectivity index (χ2n) is 5.44. The van der Waals surface area contributed by atoms with Gasteiger partial charge in [-0.15, -0.1) is 0 Å². The standard InChI is InChI=1S/C18H17N3O3/c1-12-7-8-14(17(9-12)24-2)20-18(23)11-21-15-6-4-3-5-13(15)16(22)10-19-21/h3-10H,11H2,1-2H3,(H,20,23). The number of rotatable bonds is 4. The molecule has 122 valence electrons. The summed E-state index contributed by atoms with van der Waals surface area (Å²) in [6, 6.07) is 12.6. The van der Waals surface area contributed by atoms with Crippen LogP contribution in [0, 0.1) is 6.92 Å². The third kappa shape index (κ3) is 3.12. The molecule has 1 aromatic heterocycles. The second kappa shape index (κ2) is 6.54. The molecule has 0 aliphatic rings. The zero-order chi connectivity index (χ0) is 17.1. The lowest BCUT2D eigenvalue weighted by molar-refractivity contribution is -0.116. The van der Waals surface area contributed by atoms with Gasteiger partial charge in [-0.05, 0) is 36.8 Å². The smallest absolute Gasteiger partial charge is 0.246 e. The summed E-state index contributed by atoms with van der Waals surface area (Å²) in [5.41, 5.74) is 2.09. The van der Waals surface area contributed by atoms with Crippen molar-refractivity contribution in [1.82, 2.24) is 9.78 Å². The van der Waals surface area contributed by atoms with Gasteiger partial charge in [0.25, 0.3) is 0 Å². The Labute approximate surface area is 138 Å². The zero-order valence-corrected chi connectivity index (χ0v) is 13.4. The molecule has 1 amide bonds. The molecule has 0 unspecified atom stereocenters. The average molecular weight is 323 g/mol. The van der Waals surface area contributed by atoms with Gasteiger partial charge >= 0.3 is 0 Å².